The molecule has 2 amide bonds. The molecule has 0 aromatic heterocycles. The van der Waals surface area contributed by atoms with Gasteiger partial charge in [0, 0.05) is 26.1 Å². The predicted octanol–water partition coefficient (Wildman–Crippen LogP) is 4.30. The van der Waals surface area contributed by atoms with Gasteiger partial charge in [-0.25, -0.2) is 4.39 Å². The minimum absolute atomic E-state index is 0.00175. The summed E-state index contributed by atoms with van der Waals surface area (Å²) in [7, 11) is 0. The number of amides is 2. The first-order chi connectivity index (χ1) is 17.1. The Labute approximate surface area is 205 Å². The molecule has 3 aromatic rings. The van der Waals surface area contributed by atoms with E-state index < -0.39 is 6.04 Å². The van der Waals surface area contributed by atoms with E-state index in [0.29, 0.717) is 19.6 Å². The van der Waals surface area contributed by atoms with Crippen molar-refractivity contribution in [3.8, 4) is 0 Å². The summed E-state index contributed by atoms with van der Waals surface area (Å²) in [4.78, 5) is 28.8. The van der Waals surface area contributed by atoms with Gasteiger partial charge < -0.3 is 15.0 Å². The van der Waals surface area contributed by atoms with Crippen molar-refractivity contribution in [2.24, 2.45) is 0 Å². The Hall–Kier alpha value is -3.51. The summed E-state index contributed by atoms with van der Waals surface area (Å²) in [5.41, 5.74) is 2.60. The zero-order valence-electron chi connectivity index (χ0n) is 19.7. The van der Waals surface area contributed by atoms with Gasteiger partial charge in [-0.1, -0.05) is 72.8 Å². The Bertz CT molecular complexity index is 1080. The molecule has 35 heavy (non-hydrogen) atoms. The number of hydrogen-bond donors (Lipinski definition) is 1. The maximum atomic E-state index is 13.6. The average molecular weight is 475 g/mol. The fraction of sp³-hybridized carbons (Fsp3) is 0.310. The Morgan fingerprint density at radius 2 is 1.57 bits per heavy atom. The van der Waals surface area contributed by atoms with Crippen LogP contribution in [0.2, 0.25) is 0 Å². The standard InChI is InChI=1S/C29H31FN2O3/c30-25-15-13-24(14-16-25)21-32(28(33)19-23-10-5-2-6-11-23)27(18-22-8-3-1-4-9-22)29(34)31-20-26-12-7-17-35-26/h1-6,8-11,13-16,26-27H,7,12,17-21H2,(H,31,34)/t26-,27+/m1/s1. The van der Waals surface area contributed by atoms with Crippen LogP contribution in [0.5, 0.6) is 0 Å². The van der Waals surface area contributed by atoms with Crippen LogP contribution in [-0.2, 0) is 33.7 Å². The first-order valence-electron chi connectivity index (χ1n) is 12.1. The van der Waals surface area contributed by atoms with Crippen molar-refractivity contribution in [1.29, 1.82) is 0 Å². The summed E-state index contributed by atoms with van der Waals surface area (Å²) in [6.07, 6.45) is 2.45. The van der Waals surface area contributed by atoms with Gasteiger partial charge in [-0.2, -0.15) is 0 Å². The van der Waals surface area contributed by atoms with Crippen molar-refractivity contribution in [2.45, 2.75) is 44.4 Å². The summed E-state index contributed by atoms with van der Waals surface area (Å²) in [6.45, 7) is 1.33. The second kappa shape index (κ2) is 12.3. The Kier molecular flexibility index (Phi) is 8.63. The van der Waals surface area contributed by atoms with Crippen molar-refractivity contribution < 1.29 is 18.7 Å². The molecule has 1 N–H and O–H groups in total. The van der Waals surface area contributed by atoms with Crippen LogP contribution in [0.25, 0.3) is 0 Å². The molecule has 0 saturated carbocycles. The van der Waals surface area contributed by atoms with E-state index in [2.05, 4.69) is 5.32 Å². The molecule has 3 aromatic carbocycles. The van der Waals surface area contributed by atoms with E-state index in [0.717, 1.165) is 29.5 Å². The summed E-state index contributed by atoms with van der Waals surface area (Å²) in [5, 5.41) is 3.02. The molecule has 6 heteroatoms. The summed E-state index contributed by atoms with van der Waals surface area (Å²) in [5.74, 6) is -0.715. The molecule has 2 atom stereocenters. The SMILES string of the molecule is O=C(NC[C@H]1CCCO1)[C@H](Cc1ccccc1)N(Cc1ccc(F)cc1)C(=O)Cc1ccccc1. The normalized spacial score (nSPS) is 16.0. The second-order valence-corrected chi connectivity index (χ2v) is 8.90. The summed E-state index contributed by atoms with van der Waals surface area (Å²) < 4.78 is 19.2. The lowest BCUT2D eigenvalue weighted by Gasteiger charge is -2.32. The lowest BCUT2D eigenvalue weighted by atomic mass is 10.0. The molecule has 0 aliphatic carbocycles. The summed E-state index contributed by atoms with van der Waals surface area (Å²) >= 11 is 0. The number of hydrogen-bond acceptors (Lipinski definition) is 3. The van der Waals surface area contributed by atoms with E-state index >= 15 is 0 Å². The van der Waals surface area contributed by atoms with Crippen LogP contribution in [0.1, 0.15) is 29.5 Å². The van der Waals surface area contributed by atoms with Gasteiger partial charge in [0.15, 0.2) is 0 Å². The Morgan fingerprint density at radius 3 is 2.20 bits per heavy atom. The number of rotatable bonds is 10. The number of carbonyl (C=O) groups excluding carboxylic acids is 2. The lowest BCUT2D eigenvalue weighted by Crippen LogP contribution is -2.52. The fourth-order valence-corrected chi connectivity index (χ4v) is 4.35. The van der Waals surface area contributed by atoms with Gasteiger partial charge in [-0.15, -0.1) is 0 Å². The second-order valence-electron chi connectivity index (χ2n) is 8.90. The van der Waals surface area contributed by atoms with E-state index in [4.69, 9.17) is 4.74 Å². The molecule has 1 aliphatic heterocycles. The van der Waals surface area contributed by atoms with Gasteiger partial charge >= 0.3 is 0 Å². The number of nitrogens with zero attached hydrogens (tertiary/aromatic N) is 1. The van der Waals surface area contributed by atoms with E-state index in [9.17, 15) is 14.0 Å². The first kappa shape index (κ1) is 24.6. The molecule has 182 valence electrons. The molecule has 1 saturated heterocycles. The zero-order chi connectivity index (χ0) is 24.5. The first-order valence-corrected chi connectivity index (χ1v) is 12.1. The number of benzene rings is 3. The van der Waals surface area contributed by atoms with Gasteiger partial charge in [0.2, 0.25) is 11.8 Å². The topological polar surface area (TPSA) is 58.6 Å². The van der Waals surface area contributed by atoms with E-state index in [1.165, 1.54) is 12.1 Å². The molecular weight excluding hydrogens is 443 g/mol. The highest BCUT2D eigenvalue weighted by Crippen LogP contribution is 2.18. The molecule has 4 rings (SSSR count). The van der Waals surface area contributed by atoms with Gasteiger partial charge in [0.25, 0.3) is 0 Å². The van der Waals surface area contributed by atoms with Gasteiger partial charge in [-0.3, -0.25) is 9.59 Å². The minimum Gasteiger partial charge on any atom is -0.376 e. The van der Waals surface area contributed by atoms with E-state index in [1.54, 1.807) is 17.0 Å². The molecule has 1 aliphatic rings. The quantitative estimate of drug-likeness (QED) is 0.477. The van der Waals surface area contributed by atoms with E-state index in [1.807, 2.05) is 60.7 Å². The van der Waals surface area contributed by atoms with Crippen LogP contribution in [0.4, 0.5) is 4.39 Å². The predicted molar refractivity (Wildman–Crippen MR) is 133 cm³/mol. The smallest absolute Gasteiger partial charge is 0.243 e. The van der Waals surface area contributed by atoms with Gasteiger partial charge in [0.1, 0.15) is 11.9 Å². The third-order valence-corrected chi connectivity index (χ3v) is 6.26. The summed E-state index contributed by atoms with van der Waals surface area (Å²) in [6, 6.07) is 24.5. The fourth-order valence-electron chi connectivity index (χ4n) is 4.35. The van der Waals surface area contributed by atoms with Crippen LogP contribution in [0.3, 0.4) is 0 Å². The van der Waals surface area contributed by atoms with Crippen molar-refractivity contribution >= 4 is 11.8 Å². The van der Waals surface area contributed by atoms with Crippen LogP contribution in [0.15, 0.2) is 84.9 Å². The number of halogens is 1. The molecule has 0 radical (unpaired) electrons. The largest absolute Gasteiger partial charge is 0.376 e. The maximum Gasteiger partial charge on any atom is 0.243 e. The van der Waals surface area contributed by atoms with Crippen LogP contribution in [-0.4, -0.2) is 42.0 Å². The maximum absolute atomic E-state index is 13.6. The third-order valence-electron chi connectivity index (χ3n) is 6.26. The van der Waals surface area contributed by atoms with Gasteiger partial charge in [0.05, 0.1) is 12.5 Å². The van der Waals surface area contributed by atoms with Crippen LogP contribution >= 0.6 is 0 Å². The molecule has 1 fully saturated rings. The number of nitrogens with one attached hydrogen (secondary N) is 1. The van der Waals surface area contributed by atoms with Gasteiger partial charge in [-0.05, 0) is 41.7 Å². The highest BCUT2D eigenvalue weighted by molar-refractivity contribution is 5.88. The lowest BCUT2D eigenvalue weighted by molar-refractivity contribution is -0.141. The highest BCUT2D eigenvalue weighted by atomic mass is 19.1. The van der Waals surface area contributed by atoms with Crippen molar-refractivity contribution in [1.82, 2.24) is 10.2 Å². The number of carbonyl (C=O) groups is 2. The van der Waals surface area contributed by atoms with E-state index in [-0.39, 0.29) is 36.7 Å². The van der Waals surface area contributed by atoms with Crippen LogP contribution < -0.4 is 5.32 Å². The van der Waals surface area contributed by atoms with Crippen molar-refractivity contribution in [3.63, 3.8) is 0 Å². The molecule has 1 heterocycles. The zero-order valence-corrected chi connectivity index (χ0v) is 19.7. The minimum atomic E-state index is -0.722. The van der Waals surface area contributed by atoms with Crippen molar-refractivity contribution in [2.75, 3.05) is 13.2 Å². The van der Waals surface area contributed by atoms with Crippen LogP contribution in [0, 0.1) is 5.82 Å². The number of ether oxygens (including phenoxy) is 1. The molecule has 0 spiro atoms. The molecule has 5 nitrogen and oxygen atoms in total. The monoisotopic (exact) mass is 474 g/mol. The highest BCUT2D eigenvalue weighted by Gasteiger charge is 2.31. The third kappa shape index (κ3) is 7.23. The Balaban J connectivity index is 1.61. The molecular formula is C29H31FN2O3. The molecule has 0 bridgehead atoms. The molecule has 0 unspecified atom stereocenters. The average Bonchev–Trinajstić information content (AvgIpc) is 3.41. The Morgan fingerprint density at radius 1 is 0.914 bits per heavy atom. The van der Waals surface area contributed by atoms with Crippen molar-refractivity contribution in [3.05, 3.63) is 107 Å².